The molecule has 76 valence electrons. The Bertz CT molecular complexity index is 184. The van der Waals surface area contributed by atoms with Gasteiger partial charge in [-0.05, 0) is 26.2 Å². The van der Waals surface area contributed by atoms with Gasteiger partial charge in [-0.3, -0.25) is 4.79 Å². The zero-order chi connectivity index (χ0) is 9.84. The van der Waals surface area contributed by atoms with E-state index in [4.69, 9.17) is 16.3 Å². The molecule has 13 heavy (non-hydrogen) atoms. The molecule has 1 saturated carbocycles. The Hall–Kier alpha value is -0.280. The number of carbonyl (C=O) groups is 1. The van der Waals surface area contributed by atoms with E-state index in [0.717, 1.165) is 19.3 Å². The van der Waals surface area contributed by atoms with Gasteiger partial charge in [-0.1, -0.05) is 0 Å². The van der Waals surface area contributed by atoms with Crippen LogP contribution >= 0.6 is 11.6 Å². The molecule has 0 radical (unpaired) electrons. The van der Waals surface area contributed by atoms with Crippen LogP contribution in [0.2, 0.25) is 0 Å². The highest BCUT2D eigenvalue weighted by atomic mass is 35.5. The Kier molecular flexibility index (Phi) is 4.00. The predicted octanol–water partition coefficient (Wildman–Crippen LogP) is 1.30. The molecule has 3 unspecified atom stereocenters. The molecule has 0 aromatic heterocycles. The molecule has 3 atom stereocenters. The van der Waals surface area contributed by atoms with Crippen molar-refractivity contribution >= 4 is 17.5 Å². The summed E-state index contributed by atoms with van der Waals surface area (Å²) in [6.45, 7) is 1.68. The SMILES string of the molecule is COC1CCC(NC(=O)C(C)Cl)C1. The monoisotopic (exact) mass is 205 g/mol. The van der Waals surface area contributed by atoms with Crippen LogP contribution in [0.3, 0.4) is 0 Å². The topological polar surface area (TPSA) is 38.3 Å². The number of alkyl halides is 1. The minimum atomic E-state index is -0.443. The molecule has 1 fully saturated rings. The van der Waals surface area contributed by atoms with Gasteiger partial charge in [0.05, 0.1) is 6.10 Å². The predicted molar refractivity (Wildman–Crippen MR) is 51.9 cm³/mol. The average molecular weight is 206 g/mol. The van der Waals surface area contributed by atoms with Gasteiger partial charge in [0.25, 0.3) is 0 Å². The molecule has 0 bridgehead atoms. The summed E-state index contributed by atoms with van der Waals surface area (Å²) in [6.07, 6.45) is 3.23. The lowest BCUT2D eigenvalue weighted by atomic mass is 10.2. The van der Waals surface area contributed by atoms with Crippen LogP contribution in [-0.2, 0) is 9.53 Å². The second-order valence-electron chi connectivity index (χ2n) is 3.49. The quantitative estimate of drug-likeness (QED) is 0.706. The fourth-order valence-corrected chi connectivity index (χ4v) is 1.66. The van der Waals surface area contributed by atoms with E-state index in [9.17, 15) is 4.79 Å². The van der Waals surface area contributed by atoms with Gasteiger partial charge < -0.3 is 10.1 Å². The second kappa shape index (κ2) is 4.82. The van der Waals surface area contributed by atoms with Crippen molar-refractivity contribution in [3.8, 4) is 0 Å². The normalized spacial score (nSPS) is 30.1. The molecule has 1 rings (SSSR count). The van der Waals surface area contributed by atoms with Crippen LogP contribution < -0.4 is 5.32 Å². The molecule has 3 nitrogen and oxygen atoms in total. The molecule has 0 spiro atoms. The van der Waals surface area contributed by atoms with Gasteiger partial charge in [0.2, 0.25) is 5.91 Å². The maximum atomic E-state index is 11.2. The summed E-state index contributed by atoms with van der Waals surface area (Å²) in [7, 11) is 1.71. The molecule has 0 saturated heterocycles. The number of methoxy groups -OCH3 is 1. The third-order valence-electron chi connectivity index (χ3n) is 2.43. The van der Waals surface area contributed by atoms with E-state index in [1.165, 1.54) is 0 Å². The number of amides is 1. The number of hydrogen-bond donors (Lipinski definition) is 1. The molecule has 0 aromatic rings. The van der Waals surface area contributed by atoms with Crippen LogP contribution in [0.4, 0.5) is 0 Å². The molecule has 0 aromatic carbocycles. The summed E-state index contributed by atoms with van der Waals surface area (Å²) in [5.41, 5.74) is 0. The molecule has 1 N–H and O–H groups in total. The number of halogens is 1. The van der Waals surface area contributed by atoms with Gasteiger partial charge >= 0.3 is 0 Å². The lowest BCUT2D eigenvalue weighted by Crippen LogP contribution is -2.37. The summed E-state index contributed by atoms with van der Waals surface area (Å²) in [5, 5.41) is 2.45. The second-order valence-corrected chi connectivity index (χ2v) is 4.15. The molecule has 0 heterocycles. The lowest BCUT2D eigenvalue weighted by Gasteiger charge is -2.13. The molecular weight excluding hydrogens is 190 g/mol. The van der Waals surface area contributed by atoms with E-state index in [0.29, 0.717) is 6.10 Å². The number of hydrogen-bond acceptors (Lipinski definition) is 2. The van der Waals surface area contributed by atoms with Crippen molar-refractivity contribution in [1.29, 1.82) is 0 Å². The highest BCUT2D eigenvalue weighted by Gasteiger charge is 2.26. The van der Waals surface area contributed by atoms with Gasteiger partial charge in [0.15, 0.2) is 0 Å². The van der Waals surface area contributed by atoms with Crippen molar-refractivity contribution in [2.45, 2.75) is 43.7 Å². The molecular formula is C9H16ClNO2. The third kappa shape index (κ3) is 3.16. The van der Waals surface area contributed by atoms with E-state index in [1.807, 2.05) is 0 Å². The first-order valence-corrected chi connectivity index (χ1v) is 5.04. The number of rotatable bonds is 3. The zero-order valence-electron chi connectivity index (χ0n) is 8.05. The smallest absolute Gasteiger partial charge is 0.237 e. The zero-order valence-corrected chi connectivity index (χ0v) is 8.80. The summed E-state index contributed by atoms with van der Waals surface area (Å²) < 4.78 is 5.20. The van der Waals surface area contributed by atoms with Crippen LogP contribution in [0.5, 0.6) is 0 Å². The lowest BCUT2D eigenvalue weighted by molar-refractivity contribution is -0.121. The van der Waals surface area contributed by atoms with E-state index >= 15 is 0 Å². The van der Waals surface area contributed by atoms with Crippen LogP contribution in [0, 0.1) is 0 Å². The van der Waals surface area contributed by atoms with Crippen LogP contribution in [0.25, 0.3) is 0 Å². The van der Waals surface area contributed by atoms with Crippen molar-refractivity contribution in [2.75, 3.05) is 7.11 Å². The van der Waals surface area contributed by atoms with Crippen molar-refractivity contribution in [3.63, 3.8) is 0 Å². The summed E-state index contributed by atoms with van der Waals surface area (Å²) in [5.74, 6) is -0.0802. The van der Waals surface area contributed by atoms with Crippen molar-refractivity contribution in [3.05, 3.63) is 0 Å². The summed E-state index contributed by atoms with van der Waals surface area (Å²) >= 11 is 5.63. The van der Waals surface area contributed by atoms with Crippen LogP contribution in [-0.4, -0.2) is 30.5 Å². The van der Waals surface area contributed by atoms with Crippen molar-refractivity contribution in [1.82, 2.24) is 5.32 Å². The van der Waals surface area contributed by atoms with Gasteiger partial charge in [0, 0.05) is 13.2 Å². The van der Waals surface area contributed by atoms with Crippen molar-refractivity contribution in [2.24, 2.45) is 0 Å². The molecule has 1 amide bonds. The number of ether oxygens (including phenoxy) is 1. The Morgan fingerprint density at radius 2 is 2.31 bits per heavy atom. The van der Waals surface area contributed by atoms with Gasteiger partial charge in [-0.15, -0.1) is 11.6 Å². The van der Waals surface area contributed by atoms with Crippen LogP contribution in [0.15, 0.2) is 0 Å². The average Bonchev–Trinajstić information content (AvgIpc) is 2.52. The standard InChI is InChI=1S/C9H16ClNO2/c1-6(10)9(12)11-7-3-4-8(5-7)13-2/h6-8H,3-5H2,1-2H3,(H,11,12). The first-order valence-electron chi connectivity index (χ1n) is 4.60. The minimum Gasteiger partial charge on any atom is -0.381 e. The largest absolute Gasteiger partial charge is 0.381 e. The first kappa shape index (κ1) is 10.8. The van der Waals surface area contributed by atoms with E-state index in [-0.39, 0.29) is 11.9 Å². The van der Waals surface area contributed by atoms with Crippen LogP contribution in [0.1, 0.15) is 26.2 Å². The fourth-order valence-electron chi connectivity index (χ4n) is 1.60. The summed E-state index contributed by atoms with van der Waals surface area (Å²) in [6, 6.07) is 0.249. The molecule has 0 aliphatic heterocycles. The maximum absolute atomic E-state index is 11.2. The minimum absolute atomic E-state index is 0.0802. The highest BCUT2D eigenvalue weighted by molar-refractivity contribution is 6.30. The van der Waals surface area contributed by atoms with E-state index in [2.05, 4.69) is 5.32 Å². The van der Waals surface area contributed by atoms with E-state index in [1.54, 1.807) is 14.0 Å². The third-order valence-corrected chi connectivity index (χ3v) is 2.62. The fraction of sp³-hybridized carbons (Fsp3) is 0.889. The Balaban J connectivity index is 2.28. The highest BCUT2D eigenvalue weighted by Crippen LogP contribution is 2.21. The van der Waals surface area contributed by atoms with Crippen molar-refractivity contribution < 1.29 is 9.53 Å². The maximum Gasteiger partial charge on any atom is 0.237 e. The molecule has 1 aliphatic carbocycles. The Labute approximate surface area is 83.8 Å². The number of nitrogens with one attached hydrogen (secondary N) is 1. The van der Waals surface area contributed by atoms with Gasteiger partial charge in [-0.25, -0.2) is 0 Å². The van der Waals surface area contributed by atoms with Gasteiger partial charge in [-0.2, -0.15) is 0 Å². The number of carbonyl (C=O) groups excluding carboxylic acids is 1. The first-order chi connectivity index (χ1) is 6.13. The molecule has 4 heteroatoms. The Morgan fingerprint density at radius 3 is 2.77 bits per heavy atom. The van der Waals surface area contributed by atoms with E-state index < -0.39 is 5.38 Å². The Morgan fingerprint density at radius 1 is 1.62 bits per heavy atom. The molecule has 1 aliphatic rings. The summed E-state index contributed by atoms with van der Waals surface area (Å²) in [4.78, 5) is 11.2. The van der Waals surface area contributed by atoms with Gasteiger partial charge in [0.1, 0.15) is 5.38 Å².